The minimum Gasteiger partial charge on any atom is -0.491 e. The molecular weight excluding hydrogens is 326 g/mol. The quantitative estimate of drug-likeness (QED) is 0.718. The van der Waals surface area contributed by atoms with Gasteiger partial charge in [0.1, 0.15) is 16.5 Å². The number of fused-ring (bicyclic) bond motifs is 1. The summed E-state index contributed by atoms with van der Waals surface area (Å²) in [6, 6.07) is 12.6. The lowest BCUT2D eigenvalue weighted by molar-refractivity contribution is 0.0950. The van der Waals surface area contributed by atoms with Crippen LogP contribution >= 0.6 is 11.6 Å². The van der Waals surface area contributed by atoms with Gasteiger partial charge in [0, 0.05) is 11.8 Å². The van der Waals surface area contributed by atoms with Gasteiger partial charge in [-0.25, -0.2) is 4.98 Å². The Balaban J connectivity index is 1.65. The second kappa shape index (κ2) is 6.93. The van der Waals surface area contributed by atoms with E-state index in [1.807, 2.05) is 32.2 Å². The first-order chi connectivity index (χ1) is 11.5. The van der Waals surface area contributed by atoms with E-state index in [1.54, 1.807) is 34.7 Å². The number of hydrogen-bond acceptors (Lipinski definition) is 3. The lowest BCUT2D eigenvalue weighted by atomic mass is 10.2. The molecule has 0 aliphatic rings. The molecule has 0 spiro atoms. The number of benzene rings is 1. The highest BCUT2D eigenvalue weighted by Crippen LogP contribution is 2.15. The third-order valence-electron chi connectivity index (χ3n) is 3.41. The van der Waals surface area contributed by atoms with Gasteiger partial charge in [0.2, 0.25) is 0 Å². The van der Waals surface area contributed by atoms with Crippen LogP contribution in [0.3, 0.4) is 0 Å². The number of carbonyl (C=O) groups excluding carboxylic acids is 1. The lowest BCUT2D eigenvalue weighted by Crippen LogP contribution is -2.22. The smallest absolute Gasteiger partial charge is 0.251 e. The zero-order valence-electron chi connectivity index (χ0n) is 13.5. The number of imidazole rings is 1. The third kappa shape index (κ3) is 3.68. The molecule has 0 radical (unpaired) electrons. The summed E-state index contributed by atoms with van der Waals surface area (Å²) in [5, 5.41) is 3.44. The standard InChI is InChI=1S/C18H18ClN3O2/c1-12(2)24-15-8-6-13(7-9-15)18(23)20-10-14-11-22-16(19)4-3-5-17(22)21-14/h3-9,11-12H,10H2,1-2H3,(H,20,23). The van der Waals surface area contributed by atoms with Gasteiger partial charge in [-0.1, -0.05) is 17.7 Å². The third-order valence-corrected chi connectivity index (χ3v) is 3.72. The summed E-state index contributed by atoms with van der Waals surface area (Å²) in [5.41, 5.74) is 2.08. The molecule has 5 nitrogen and oxygen atoms in total. The molecule has 24 heavy (non-hydrogen) atoms. The number of amides is 1. The van der Waals surface area contributed by atoms with Crippen LogP contribution in [0.5, 0.6) is 5.75 Å². The first kappa shape index (κ1) is 16.3. The fourth-order valence-corrected chi connectivity index (χ4v) is 2.55. The monoisotopic (exact) mass is 343 g/mol. The fourth-order valence-electron chi connectivity index (χ4n) is 2.34. The Morgan fingerprint density at radius 1 is 1.25 bits per heavy atom. The van der Waals surface area contributed by atoms with Crippen LogP contribution in [0.25, 0.3) is 5.65 Å². The molecule has 124 valence electrons. The van der Waals surface area contributed by atoms with Gasteiger partial charge in [-0.15, -0.1) is 0 Å². The van der Waals surface area contributed by atoms with E-state index in [1.165, 1.54) is 0 Å². The Kier molecular flexibility index (Phi) is 4.71. The second-order valence-electron chi connectivity index (χ2n) is 5.68. The van der Waals surface area contributed by atoms with Crippen LogP contribution in [0, 0.1) is 0 Å². The van der Waals surface area contributed by atoms with Gasteiger partial charge in [-0.2, -0.15) is 0 Å². The van der Waals surface area contributed by atoms with Gasteiger partial charge in [-0.05, 0) is 50.2 Å². The van der Waals surface area contributed by atoms with Crippen molar-refractivity contribution in [3.8, 4) is 5.75 Å². The largest absolute Gasteiger partial charge is 0.491 e. The van der Waals surface area contributed by atoms with Crippen LogP contribution < -0.4 is 10.1 Å². The number of nitrogens with zero attached hydrogens (tertiary/aromatic N) is 2. The van der Waals surface area contributed by atoms with Crippen molar-refractivity contribution in [2.75, 3.05) is 0 Å². The fraction of sp³-hybridized carbons (Fsp3) is 0.222. The van der Waals surface area contributed by atoms with Crippen molar-refractivity contribution in [3.63, 3.8) is 0 Å². The van der Waals surface area contributed by atoms with Crippen LogP contribution in [0.2, 0.25) is 5.15 Å². The van der Waals surface area contributed by atoms with Gasteiger partial charge in [0.05, 0.1) is 18.3 Å². The number of rotatable bonds is 5. The van der Waals surface area contributed by atoms with Crippen molar-refractivity contribution in [3.05, 3.63) is 65.1 Å². The van der Waals surface area contributed by atoms with Crippen molar-refractivity contribution < 1.29 is 9.53 Å². The lowest BCUT2D eigenvalue weighted by Gasteiger charge is -2.10. The molecule has 1 aromatic carbocycles. The molecule has 0 aliphatic heterocycles. The Hall–Kier alpha value is -2.53. The van der Waals surface area contributed by atoms with Crippen LogP contribution in [-0.4, -0.2) is 21.4 Å². The van der Waals surface area contributed by atoms with Gasteiger partial charge in [-0.3, -0.25) is 9.20 Å². The van der Waals surface area contributed by atoms with Crippen molar-refractivity contribution in [1.82, 2.24) is 14.7 Å². The average Bonchev–Trinajstić information content (AvgIpc) is 2.97. The maximum atomic E-state index is 12.2. The van der Waals surface area contributed by atoms with Crippen LogP contribution in [-0.2, 0) is 6.54 Å². The zero-order valence-corrected chi connectivity index (χ0v) is 14.2. The van der Waals surface area contributed by atoms with Gasteiger partial charge < -0.3 is 10.1 Å². The highest BCUT2D eigenvalue weighted by molar-refractivity contribution is 6.29. The Bertz CT molecular complexity index is 856. The van der Waals surface area contributed by atoms with Crippen LogP contribution in [0.1, 0.15) is 29.9 Å². The summed E-state index contributed by atoms with van der Waals surface area (Å²) >= 11 is 6.10. The van der Waals surface area contributed by atoms with Crippen molar-refractivity contribution in [2.45, 2.75) is 26.5 Å². The summed E-state index contributed by atoms with van der Waals surface area (Å²) in [5.74, 6) is 0.589. The molecule has 0 saturated heterocycles. The van der Waals surface area contributed by atoms with Gasteiger partial charge in [0.15, 0.2) is 0 Å². The molecule has 3 rings (SSSR count). The van der Waals surface area contributed by atoms with E-state index >= 15 is 0 Å². The zero-order chi connectivity index (χ0) is 17.1. The first-order valence-electron chi connectivity index (χ1n) is 7.70. The minimum absolute atomic E-state index is 0.103. The molecule has 3 aromatic rings. The highest BCUT2D eigenvalue weighted by atomic mass is 35.5. The van der Waals surface area contributed by atoms with E-state index in [4.69, 9.17) is 16.3 Å². The first-order valence-corrected chi connectivity index (χ1v) is 8.08. The number of ether oxygens (including phenoxy) is 1. The predicted octanol–water partition coefficient (Wildman–Crippen LogP) is 3.70. The number of aromatic nitrogens is 2. The topological polar surface area (TPSA) is 55.6 Å². The number of nitrogens with one attached hydrogen (secondary N) is 1. The number of carbonyl (C=O) groups is 1. The molecule has 1 N–H and O–H groups in total. The van der Waals surface area contributed by atoms with Gasteiger partial charge >= 0.3 is 0 Å². The summed E-state index contributed by atoms with van der Waals surface area (Å²) in [6.45, 7) is 4.25. The molecular formula is C18H18ClN3O2. The van der Waals surface area contributed by atoms with Crippen molar-refractivity contribution in [2.24, 2.45) is 0 Å². The molecule has 1 amide bonds. The maximum Gasteiger partial charge on any atom is 0.251 e. The summed E-state index contributed by atoms with van der Waals surface area (Å²) in [4.78, 5) is 16.7. The molecule has 0 aliphatic carbocycles. The second-order valence-corrected chi connectivity index (χ2v) is 6.07. The van der Waals surface area contributed by atoms with E-state index in [0.29, 0.717) is 17.3 Å². The molecule has 2 heterocycles. The minimum atomic E-state index is -0.158. The van der Waals surface area contributed by atoms with E-state index in [2.05, 4.69) is 10.3 Å². The molecule has 6 heteroatoms. The Morgan fingerprint density at radius 3 is 2.67 bits per heavy atom. The maximum absolute atomic E-state index is 12.2. The van der Waals surface area contributed by atoms with E-state index in [-0.39, 0.29) is 12.0 Å². The van der Waals surface area contributed by atoms with Crippen LogP contribution in [0.4, 0.5) is 0 Å². The normalized spacial score (nSPS) is 11.0. The summed E-state index contributed by atoms with van der Waals surface area (Å²) in [7, 11) is 0. The number of pyridine rings is 1. The molecule has 0 saturated carbocycles. The summed E-state index contributed by atoms with van der Waals surface area (Å²) in [6.07, 6.45) is 1.92. The molecule has 0 fully saturated rings. The highest BCUT2D eigenvalue weighted by Gasteiger charge is 2.08. The van der Waals surface area contributed by atoms with E-state index in [9.17, 15) is 4.79 Å². The van der Waals surface area contributed by atoms with E-state index in [0.717, 1.165) is 17.1 Å². The summed E-state index contributed by atoms with van der Waals surface area (Å²) < 4.78 is 7.34. The molecule has 0 unspecified atom stereocenters. The van der Waals surface area contributed by atoms with Crippen LogP contribution in [0.15, 0.2) is 48.7 Å². The average molecular weight is 344 g/mol. The Morgan fingerprint density at radius 2 is 2.00 bits per heavy atom. The molecule has 2 aromatic heterocycles. The molecule has 0 atom stereocenters. The SMILES string of the molecule is CC(C)Oc1ccc(C(=O)NCc2cn3c(Cl)cccc3n2)cc1. The van der Waals surface area contributed by atoms with Gasteiger partial charge in [0.25, 0.3) is 5.91 Å². The molecule has 0 bridgehead atoms. The van der Waals surface area contributed by atoms with E-state index < -0.39 is 0 Å². The number of halogens is 1. The van der Waals surface area contributed by atoms with Crippen molar-refractivity contribution >= 4 is 23.2 Å². The van der Waals surface area contributed by atoms with Crippen molar-refractivity contribution in [1.29, 1.82) is 0 Å². The predicted molar refractivity (Wildman–Crippen MR) is 93.6 cm³/mol. The Labute approximate surface area is 145 Å². The number of hydrogen-bond donors (Lipinski definition) is 1.